The summed E-state index contributed by atoms with van der Waals surface area (Å²) >= 11 is 6.08. The highest BCUT2D eigenvalue weighted by atomic mass is 35.5. The number of aryl methyl sites for hydroxylation is 1. The van der Waals surface area contributed by atoms with Crippen LogP contribution in [0, 0.1) is 6.92 Å². The molecule has 1 aliphatic rings. The van der Waals surface area contributed by atoms with Gasteiger partial charge in [0.05, 0.1) is 16.6 Å². The van der Waals surface area contributed by atoms with Gasteiger partial charge in [0.15, 0.2) is 0 Å². The second kappa shape index (κ2) is 4.25. The van der Waals surface area contributed by atoms with Gasteiger partial charge in [-0.25, -0.2) is 0 Å². The normalized spacial score (nSPS) is 19.8. The van der Waals surface area contributed by atoms with Crippen molar-refractivity contribution in [1.82, 2.24) is 4.98 Å². The van der Waals surface area contributed by atoms with Gasteiger partial charge in [0.2, 0.25) is 5.91 Å². The van der Waals surface area contributed by atoms with Gasteiger partial charge in [-0.05, 0) is 30.7 Å². The van der Waals surface area contributed by atoms with Gasteiger partial charge >= 0.3 is 0 Å². The van der Waals surface area contributed by atoms with Gasteiger partial charge in [-0.15, -0.1) is 11.6 Å². The average molecular weight is 261 g/mol. The minimum absolute atomic E-state index is 0.0921. The third kappa shape index (κ3) is 1.75. The third-order valence-corrected chi connectivity index (χ3v) is 3.60. The van der Waals surface area contributed by atoms with E-state index in [1.165, 1.54) is 0 Å². The minimum Gasteiger partial charge on any atom is -0.310 e. The Hall–Kier alpha value is -1.61. The standard InChI is InChI=1S/C14H13ClN2O/c1-9-4-5-12-11(3-2-6-16-12)14(9)17-8-10(15)7-13(17)18/h2-6,10H,7-8H2,1H3. The monoisotopic (exact) mass is 260 g/mol. The molecule has 1 fully saturated rings. The fourth-order valence-electron chi connectivity index (χ4n) is 2.48. The average Bonchev–Trinajstić information content (AvgIpc) is 2.68. The van der Waals surface area contributed by atoms with Crippen molar-refractivity contribution in [2.24, 2.45) is 0 Å². The number of nitrogens with zero attached hydrogens (tertiary/aromatic N) is 2. The predicted octanol–water partition coefficient (Wildman–Crippen LogP) is 2.89. The van der Waals surface area contributed by atoms with E-state index in [1.54, 1.807) is 11.1 Å². The molecular formula is C14H13ClN2O. The summed E-state index contributed by atoms with van der Waals surface area (Å²) in [5.74, 6) is 0.0921. The summed E-state index contributed by atoms with van der Waals surface area (Å²) in [7, 11) is 0. The minimum atomic E-state index is -0.0937. The fraction of sp³-hybridized carbons (Fsp3) is 0.286. The molecule has 0 bridgehead atoms. The van der Waals surface area contributed by atoms with E-state index in [4.69, 9.17) is 11.6 Å². The van der Waals surface area contributed by atoms with E-state index in [0.717, 1.165) is 22.2 Å². The summed E-state index contributed by atoms with van der Waals surface area (Å²) in [5, 5.41) is 0.917. The van der Waals surface area contributed by atoms with Crippen molar-refractivity contribution in [1.29, 1.82) is 0 Å². The van der Waals surface area contributed by atoms with Gasteiger partial charge in [0, 0.05) is 24.5 Å². The summed E-state index contributed by atoms with van der Waals surface area (Å²) in [5.41, 5.74) is 2.94. The molecule has 1 aromatic carbocycles. The van der Waals surface area contributed by atoms with Gasteiger partial charge in [0.25, 0.3) is 0 Å². The van der Waals surface area contributed by atoms with Crippen molar-refractivity contribution in [2.45, 2.75) is 18.7 Å². The number of hydrogen-bond acceptors (Lipinski definition) is 2. The first-order valence-electron chi connectivity index (χ1n) is 5.95. The molecule has 0 radical (unpaired) electrons. The Balaban J connectivity index is 2.22. The number of carbonyl (C=O) groups is 1. The van der Waals surface area contributed by atoms with E-state index in [1.807, 2.05) is 31.2 Å². The molecule has 1 atom stereocenters. The van der Waals surface area contributed by atoms with Crippen molar-refractivity contribution in [3.8, 4) is 0 Å². The van der Waals surface area contributed by atoms with Crippen LogP contribution in [0.3, 0.4) is 0 Å². The van der Waals surface area contributed by atoms with Crippen LogP contribution in [-0.2, 0) is 4.79 Å². The first-order chi connectivity index (χ1) is 8.66. The zero-order valence-corrected chi connectivity index (χ0v) is 10.8. The molecule has 4 heteroatoms. The number of anilines is 1. The number of amides is 1. The second-order valence-corrected chi connectivity index (χ2v) is 5.22. The highest BCUT2D eigenvalue weighted by Gasteiger charge is 2.30. The van der Waals surface area contributed by atoms with E-state index >= 15 is 0 Å². The van der Waals surface area contributed by atoms with E-state index in [2.05, 4.69) is 4.98 Å². The first kappa shape index (κ1) is 11.5. The molecule has 1 aliphatic heterocycles. The number of carbonyl (C=O) groups excluding carboxylic acids is 1. The van der Waals surface area contributed by atoms with Crippen LogP contribution in [0.4, 0.5) is 5.69 Å². The zero-order valence-electron chi connectivity index (χ0n) is 10.1. The molecule has 92 valence electrons. The smallest absolute Gasteiger partial charge is 0.228 e. The molecule has 18 heavy (non-hydrogen) atoms. The third-order valence-electron chi connectivity index (χ3n) is 3.31. The van der Waals surface area contributed by atoms with Crippen LogP contribution in [0.1, 0.15) is 12.0 Å². The van der Waals surface area contributed by atoms with Crippen LogP contribution in [0.5, 0.6) is 0 Å². The molecule has 1 unspecified atom stereocenters. The molecule has 2 aromatic rings. The van der Waals surface area contributed by atoms with Crippen molar-refractivity contribution < 1.29 is 4.79 Å². The van der Waals surface area contributed by atoms with Crippen LogP contribution in [0.25, 0.3) is 10.9 Å². The number of pyridine rings is 1. The van der Waals surface area contributed by atoms with Crippen LogP contribution >= 0.6 is 11.6 Å². The molecule has 0 spiro atoms. The summed E-state index contributed by atoms with van der Waals surface area (Å²) in [6, 6.07) is 7.87. The lowest BCUT2D eigenvalue weighted by Gasteiger charge is -2.20. The van der Waals surface area contributed by atoms with Gasteiger partial charge < -0.3 is 4.90 Å². The molecule has 0 N–H and O–H groups in total. The topological polar surface area (TPSA) is 33.2 Å². The van der Waals surface area contributed by atoms with Crippen molar-refractivity contribution >= 4 is 34.1 Å². The molecule has 1 saturated heterocycles. The predicted molar refractivity (Wildman–Crippen MR) is 73.1 cm³/mol. The lowest BCUT2D eigenvalue weighted by atomic mass is 10.1. The Morgan fingerprint density at radius 3 is 2.94 bits per heavy atom. The van der Waals surface area contributed by atoms with Gasteiger partial charge in [-0.3, -0.25) is 9.78 Å². The Morgan fingerprint density at radius 2 is 2.22 bits per heavy atom. The van der Waals surface area contributed by atoms with E-state index in [-0.39, 0.29) is 11.3 Å². The Kier molecular flexibility index (Phi) is 2.71. The molecule has 3 nitrogen and oxygen atoms in total. The van der Waals surface area contributed by atoms with Gasteiger partial charge in [-0.1, -0.05) is 6.07 Å². The van der Waals surface area contributed by atoms with E-state index in [0.29, 0.717) is 13.0 Å². The Bertz CT molecular complexity index is 626. The maximum Gasteiger partial charge on any atom is 0.228 e. The molecule has 3 rings (SSSR count). The molecule has 1 amide bonds. The lowest BCUT2D eigenvalue weighted by molar-refractivity contribution is -0.117. The number of benzene rings is 1. The molecule has 1 aromatic heterocycles. The molecular weight excluding hydrogens is 248 g/mol. The number of alkyl halides is 1. The Labute approximate surface area is 110 Å². The lowest BCUT2D eigenvalue weighted by Crippen LogP contribution is -2.25. The summed E-state index contributed by atoms with van der Waals surface area (Å²) in [6.07, 6.45) is 2.18. The summed E-state index contributed by atoms with van der Waals surface area (Å²) in [4.78, 5) is 18.1. The number of rotatable bonds is 1. The van der Waals surface area contributed by atoms with Crippen LogP contribution in [0.2, 0.25) is 0 Å². The van der Waals surface area contributed by atoms with Crippen LogP contribution in [-0.4, -0.2) is 22.8 Å². The maximum atomic E-state index is 12.0. The molecule has 0 aliphatic carbocycles. The number of aromatic nitrogens is 1. The van der Waals surface area contributed by atoms with Crippen LogP contribution in [0.15, 0.2) is 30.5 Å². The first-order valence-corrected chi connectivity index (χ1v) is 6.39. The van der Waals surface area contributed by atoms with Gasteiger partial charge in [-0.2, -0.15) is 0 Å². The number of hydrogen-bond donors (Lipinski definition) is 0. The second-order valence-electron chi connectivity index (χ2n) is 4.61. The van der Waals surface area contributed by atoms with Crippen molar-refractivity contribution in [3.63, 3.8) is 0 Å². The van der Waals surface area contributed by atoms with Crippen molar-refractivity contribution in [3.05, 3.63) is 36.0 Å². The summed E-state index contributed by atoms with van der Waals surface area (Å²) < 4.78 is 0. The van der Waals surface area contributed by atoms with Crippen LogP contribution < -0.4 is 4.90 Å². The number of fused-ring (bicyclic) bond motifs is 1. The fourth-order valence-corrected chi connectivity index (χ4v) is 2.75. The SMILES string of the molecule is Cc1ccc2ncccc2c1N1CC(Cl)CC1=O. The highest BCUT2D eigenvalue weighted by Crippen LogP contribution is 2.33. The van der Waals surface area contributed by atoms with E-state index in [9.17, 15) is 4.79 Å². The maximum absolute atomic E-state index is 12.0. The Morgan fingerprint density at radius 1 is 1.39 bits per heavy atom. The van der Waals surface area contributed by atoms with Gasteiger partial charge in [0.1, 0.15) is 0 Å². The highest BCUT2D eigenvalue weighted by molar-refractivity contribution is 6.24. The van der Waals surface area contributed by atoms with E-state index < -0.39 is 0 Å². The zero-order chi connectivity index (χ0) is 12.7. The molecule has 2 heterocycles. The van der Waals surface area contributed by atoms with Crippen molar-refractivity contribution in [2.75, 3.05) is 11.4 Å². The summed E-state index contributed by atoms with van der Waals surface area (Å²) in [6.45, 7) is 2.59. The largest absolute Gasteiger partial charge is 0.310 e. The molecule has 0 saturated carbocycles. The quantitative estimate of drug-likeness (QED) is 0.739. The number of halogens is 1.